The molecule has 0 spiro atoms. The lowest BCUT2D eigenvalue weighted by atomic mass is 10.1. The summed E-state index contributed by atoms with van der Waals surface area (Å²) >= 11 is 0. The van der Waals surface area contributed by atoms with Crippen LogP contribution >= 0.6 is 0 Å². The van der Waals surface area contributed by atoms with E-state index < -0.39 is 0 Å². The highest BCUT2D eigenvalue weighted by molar-refractivity contribution is 5.43. The summed E-state index contributed by atoms with van der Waals surface area (Å²) < 4.78 is 13.0. The molecule has 3 aromatic rings. The Bertz CT molecular complexity index is 809. The topological polar surface area (TPSA) is 93.6 Å². The molecule has 4 rings (SSSR count). The average Bonchev–Trinajstić information content (AvgIpc) is 3.25. The van der Waals surface area contributed by atoms with Crippen molar-refractivity contribution in [1.82, 2.24) is 29.9 Å². The monoisotopic (exact) mass is 329 g/mol. The molecule has 1 saturated heterocycles. The first-order valence-corrected chi connectivity index (χ1v) is 7.95. The number of anilines is 1. The fraction of sp³-hybridized carbons (Fsp3) is 0.467. The second-order valence-corrected chi connectivity index (χ2v) is 5.73. The SMILES string of the molecule is Cc1ccc(C(CNc2cncc3nnnn23)N2CCOCC2)o1. The lowest BCUT2D eigenvalue weighted by molar-refractivity contribution is 0.0143. The molecule has 1 aliphatic rings. The number of ether oxygens (including phenoxy) is 1. The van der Waals surface area contributed by atoms with E-state index in [9.17, 15) is 0 Å². The minimum atomic E-state index is 0.106. The summed E-state index contributed by atoms with van der Waals surface area (Å²) in [5, 5.41) is 15.0. The van der Waals surface area contributed by atoms with E-state index in [1.807, 2.05) is 19.1 Å². The van der Waals surface area contributed by atoms with Gasteiger partial charge in [-0.3, -0.25) is 9.88 Å². The van der Waals surface area contributed by atoms with E-state index >= 15 is 0 Å². The van der Waals surface area contributed by atoms with E-state index in [0.717, 1.165) is 43.6 Å². The summed E-state index contributed by atoms with van der Waals surface area (Å²) in [5.41, 5.74) is 0.608. The Morgan fingerprint density at radius 1 is 1.25 bits per heavy atom. The van der Waals surface area contributed by atoms with Gasteiger partial charge in [0.1, 0.15) is 17.3 Å². The van der Waals surface area contributed by atoms with Crippen LogP contribution in [0.3, 0.4) is 0 Å². The van der Waals surface area contributed by atoms with E-state index in [1.165, 1.54) is 0 Å². The van der Waals surface area contributed by atoms with Gasteiger partial charge >= 0.3 is 0 Å². The van der Waals surface area contributed by atoms with Gasteiger partial charge in [0.2, 0.25) is 0 Å². The fourth-order valence-corrected chi connectivity index (χ4v) is 2.93. The van der Waals surface area contributed by atoms with Crippen LogP contribution in [0.1, 0.15) is 17.6 Å². The lowest BCUT2D eigenvalue weighted by Gasteiger charge is -2.33. The normalized spacial score (nSPS) is 17.2. The molecule has 0 aromatic carbocycles. The van der Waals surface area contributed by atoms with Crippen LogP contribution in [0.5, 0.6) is 0 Å². The molecule has 9 nitrogen and oxygen atoms in total. The number of hydrogen-bond donors (Lipinski definition) is 1. The number of morpholine rings is 1. The van der Waals surface area contributed by atoms with Crippen LogP contribution in [0.25, 0.3) is 5.65 Å². The van der Waals surface area contributed by atoms with Crippen molar-refractivity contribution in [2.45, 2.75) is 13.0 Å². The maximum atomic E-state index is 5.87. The molecule has 1 N–H and O–H groups in total. The quantitative estimate of drug-likeness (QED) is 0.738. The maximum Gasteiger partial charge on any atom is 0.199 e. The van der Waals surface area contributed by atoms with Crippen LogP contribution < -0.4 is 5.32 Å². The van der Waals surface area contributed by atoms with Crippen molar-refractivity contribution in [2.24, 2.45) is 0 Å². The number of furan rings is 1. The zero-order chi connectivity index (χ0) is 16.4. The molecule has 0 radical (unpaired) electrons. The standard InChI is InChI=1S/C15H19N7O2/c1-11-2-3-13(24-11)12(21-4-6-23-7-5-21)8-17-14-9-16-10-15-18-19-20-22(14)15/h2-3,9-10,12,17H,4-8H2,1H3. The summed E-state index contributed by atoms with van der Waals surface area (Å²) in [4.78, 5) is 6.53. The van der Waals surface area contributed by atoms with E-state index in [4.69, 9.17) is 9.15 Å². The molecule has 1 aliphatic heterocycles. The van der Waals surface area contributed by atoms with Crippen LogP contribution in [-0.2, 0) is 4.74 Å². The molecular formula is C15H19N7O2. The van der Waals surface area contributed by atoms with E-state index in [2.05, 4.69) is 30.7 Å². The number of aromatic nitrogens is 5. The Labute approximate surface area is 138 Å². The van der Waals surface area contributed by atoms with Crippen molar-refractivity contribution in [2.75, 3.05) is 38.2 Å². The fourth-order valence-electron chi connectivity index (χ4n) is 2.93. The highest BCUT2D eigenvalue weighted by atomic mass is 16.5. The Morgan fingerprint density at radius 3 is 2.92 bits per heavy atom. The summed E-state index contributed by atoms with van der Waals surface area (Å²) in [5.74, 6) is 2.60. The predicted molar refractivity (Wildman–Crippen MR) is 85.6 cm³/mol. The van der Waals surface area contributed by atoms with Gasteiger partial charge in [-0.15, -0.1) is 5.10 Å². The second-order valence-electron chi connectivity index (χ2n) is 5.73. The van der Waals surface area contributed by atoms with Gasteiger partial charge in [-0.05, 0) is 29.5 Å². The largest absolute Gasteiger partial charge is 0.465 e. The molecule has 0 bridgehead atoms. The Balaban J connectivity index is 1.56. The van der Waals surface area contributed by atoms with Gasteiger partial charge in [-0.25, -0.2) is 0 Å². The molecule has 1 atom stereocenters. The highest BCUT2D eigenvalue weighted by Gasteiger charge is 2.25. The first-order chi connectivity index (χ1) is 11.8. The summed E-state index contributed by atoms with van der Waals surface area (Å²) in [7, 11) is 0. The maximum absolute atomic E-state index is 5.87. The number of rotatable bonds is 5. The number of hydrogen-bond acceptors (Lipinski definition) is 8. The zero-order valence-electron chi connectivity index (χ0n) is 13.4. The van der Waals surface area contributed by atoms with E-state index in [0.29, 0.717) is 12.2 Å². The second kappa shape index (κ2) is 6.54. The van der Waals surface area contributed by atoms with Gasteiger partial charge < -0.3 is 14.5 Å². The van der Waals surface area contributed by atoms with Crippen LogP contribution in [0.15, 0.2) is 28.9 Å². The highest BCUT2D eigenvalue weighted by Crippen LogP contribution is 2.24. The number of nitrogens with one attached hydrogen (secondary N) is 1. The van der Waals surface area contributed by atoms with Crippen molar-refractivity contribution in [1.29, 1.82) is 0 Å². The third kappa shape index (κ3) is 2.95. The first-order valence-electron chi connectivity index (χ1n) is 7.95. The van der Waals surface area contributed by atoms with Gasteiger partial charge in [0.05, 0.1) is 31.6 Å². The molecule has 0 aliphatic carbocycles. The van der Waals surface area contributed by atoms with Gasteiger partial charge in [0.25, 0.3) is 0 Å². The molecular weight excluding hydrogens is 310 g/mol. The smallest absolute Gasteiger partial charge is 0.199 e. The van der Waals surface area contributed by atoms with Gasteiger partial charge in [-0.1, -0.05) is 0 Å². The molecule has 0 saturated carbocycles. The zero-order valence-corrected chi connectivity index (χ0v) is 13.4. The minimum Gasteiger partial charge on any atom is -0.465 e. The predicted octanol–water partition coefficient (Wildman–Crippen LogP) is 0.906. The van der Waals surface area contributed by atoms with Crippen molar-refractivity contribution in [3.05, 3.63) is 36.0 Å². The van der Waals surface area contributed by atoms with E-state index in [1.54, 1.807) is 16.9 Å². The molecule has 4 heterocycles. The molecule has 126 valence electrons. The molecule has 3 aromatic heterocycles. The summed E-state index contributed by atoms with van der Waals surface area (Å²) in [6.45, 7) is 5.84. The number of tetrazole rings is 1. The molecule has 1 unspecified atom stereocenters. The molecule has 9 heteroatoms. The average molecular weight is 329 g/mol. The Kier molecular flexibility index (Phi) is 4.09. The molecule has 24 heavy (non-hydrogen) atoms. The summed E-state index contributed by atoms with van der Waals surface area (Å²) in [6.07, 6.45) is 3.34. The van der Waals surface area contributed by atoms with Gasteiger partial charge in [0, 0.05) is 19.6 Å². The lowest BCUT2D eigenvalue weighted by Crippen LogP contribution is -2.41. The van der Waals surface area contributed by atoms with Crippen molar-refractivity contribution in [3.8, 4) is 0 Å². The number of fused-ring (bicyclic) bond motifs is 1. The first kappa shape index (κ1) is 15.0. The van der Waals surface area contributed by atoms with Crippen LogP contribution in [0.4, 0.5) is 5.82 Å². The van der Waals surface area contributed by atoms with Crippen LogP contribution in [-0.4, -0.2) is 62.8 Å². The van der Waals surface area contributed by atoms with Gasteiger partial charge in [-0.2, -0.15) is 4.52 Å². The van der Waals surface area contributed by atoms with Crippen molar-refractivity contribution < 1.29 is 9.15 Å². The third-order valence-electron chi connectivity index (χ3n) is 4.16. The number of nitrogens with zero attached hydrogens (tertiary/aromatic N) is 6. The Morgan fingerprint density at radius 2 is 2.12 bits per heavy atom. The van der Waals surface area contributed by atoms with Crippen molar-refractivity contribution in [3.63, 3.8) is 0 Å². The van der Waals surface area contributed by atoms with Crippen LogP contribution in [0.2, 0.25) is 0 Å². The van der Waals surface area contributed by atoms with Gasteiger partial charge in [0.15, 0.2) is 5.65 Å². The third-order valence-corrected chi connectivity index (χ3v) is 4.16. The number of aryl methyl sites for hydroxylation is 1. The molecule has 0 amide bonds. The summed E-state index contributed by atoms with van der Waals surface area (Å²) in [6, 6.07) is 4.13. The van der Waals surface area contributed by atoms with Crippen LogP contribution in [0, 0.1) is 6.92 Å². The van der Waals surface area contributed by atoms with E-state index in [-0.39, 0.29) is 6.04 Å². The Hall–Kier alpha value is -2.52. The van der Waals surface area contributed by atoms with Crippen molar-refractivity contribution >= 4 is 11.5 Å². The minimum absolute atomic E-state index is 0.106. The molecule has 1 fully saturated rings.